The minimum absolute atomic E-state index is 0.0288. The molecule has 1 aromatic rings. The fourth-order valence-corrected chi connectivity index (χ4v) is 7.58. The molecule has 364 valence electrons. The molecule has 6 N–H and O–H groups in total. The molecule has 2 aliphatic rings. The summed E-state index contributed by atoms with van der Waals surface area (Å²) < 4.78 is 61.9. The Kier molecular flexibility index (Phi) is 33.3. The summed E-state index contributed by atoms with van der Waals surface area (Å²) in [6.45, 7) is 11.7. The topological polar surface area (TPSA) is 258 Å². The smallest absolute Gasteiger partial charge is 0.315 e. The summed E-state index contributed by atoms with van der Waals surface area (Å²) in [6.07, 6.45) is 5.36. The number of unbranched alkanes of at least 4 members (excludes halogenated alkanes) is 1. The van der Waals surface area contributed by atoms with E-state index in [1.807, 2.05) is 18.0 Å². The normalized spacial score (nSPS) is 16.9. The van der Waals surface area contributed by atoms with Crippen LogP contribution in [0.1, 0.15) is 37.8 Å². The number of aromatic nitrogens is 3. The van der Waals surface area contributed by atoms with Crippen molar-refractivity contribution in [1.29, 1.82) is 0 Å². The molecule has 0 saturated carbocycles. The molecule has 0 aliphatic carbocycles. The van der Waals surface area contributed by atoms with Crippen molar-refractivity contribution in [2.75, 3.05) is 164 Å². The maximum Gasteiger partial charge on any atom is 0.315 e. The van der Waals surface area contributed by atoms with Gasteiger partial charge in [0.15, 0.2) is 0 Å². The standard InChI is InChI=1S/C40H74N8O14S/c41-6-11-53-16-19-57-22-25-59-26-23-58-20-17-55-13-8-43-38(50)5-10-52-15-18-56-21-24-60-27-28-61-29-30-62-32-34-31-48(47-46-34)9-14-54-12-7-42-37(49)4-2-1-3-36-39-35(33-63-36)44-40(51)45-39/h31,35-36,39H,1-30,32-33,41H2,(H,42,49)(H,43,50)(H2,44,45,51)/t35-,36-,39-/m0/s1. The van der Waals surface area contributed by atoms with Gasteiger partial charge in [0.2, 0.25) is 11.8 Å². The van der Waals surface area contributed by atoms with Gasteiger partial charge in [-0.2, -0.15) is 11.8 Å². The van der Waals surface area contributed by atoms with E-state index in [0.29, 0.717) is 189 Å². The second-order valence-electron chi connectivity index (χ2n) is 14.3. The molecule has 0 aromatic carbocycles. The summed E-state index contributed by atoms with van der Waals surface area (Å²) in [5.41, 5.74) is 6.05. The van der Waals surface area contributed by atoms with Gasteiger partial charge in [-0.15, -0.1) is 5.10 Å². The molecule has 1 aromatic heterocycles. The molecular weight excluding hydrogens is 849 g/mol. The molecule has 23 heteroatoms. The van der Waals surface area contributed by atoms with Crippen molar-refractivity contribution < 1.29 is 66.5 Å². The summed E-state index contributed by atoms with van der Waals surface area (Å²) in [5.74, 6) is 0.880. The van der Waals surface area contributed by atoms with Gasteiger partial charge < -0.3 is 79.1 Å². The number of rotatable bonds is 45. The highest BCUT2D eigenvalue weighted by atomic mass is 32.2. The summed E-state index contributed by atoms with van der Waals surface area (Å²) in [4.78, 5) is 35.6. The van der Waals surface area contributed by atoms with Gasteiger partial charge >= 0.3 is 6.03 Å². The van der Waals surface area contributed by atoms with Crippen molar-refractivity contribution in [2.24, 2.45) is 5.73 Å². The number of fused-ring (bicyclic) bond motifs is 1. The number of nitrogens with two attached hydrogens (primary N) is 1. The van der Waals surface area contributed by atoms with Gasteiger partial charge in [0.05, 0.1) is 170 Å². The van der Waals surface area contributed by atoms with Crippen LogP contribution in [0.15, 0.2) is 6.20 Å². The summed E-state index contributed by atoms with van der Waals surface area (Å²) in [6, 6.07) is 0.375. The molecule has 4 amide bonds. The Balaban J connectivity index is 0.950. The zero-order valence-electron chi connectivity index (χ0n) is 37.0. The number of nitrogens with one attached hydrogen (secondary N) is 4. The highest BCUT2D eigenvalue weighted by molar-refractivity contribution is 8.00. The van der Waals surface area contributed by atoms with E-state index in [-0.39, 0.29) is 36.3 Å². The molecule has 3 rings (SSSR count). The Hall–Kier alpha value is -2.78. The second kappa shape index (κ2) is 38.5. The first kappa shape index (κ1) is 54.6. The van der Waals surface area contributed by atoms with Gasteiger partial charge in [-0.1, -0.05) is 11.6 Å². The lowest BCUT2D eigenvalue weighted by atomic mass is 10.0. The maximum atomic E-state index is 12.1. The van der Waals surface area contributed by atoms with Crippen LogP contribution in [0.2, 0.25) is 0 Å². The lowest BCUT2D eigenvalue weighted by molar-refractivity contribution is -0.123. The molecule has 0 unspecified atom stereocenters. The highest BCUT2D eigenvalue weighted by Crippen LogP contribution is 2.33. The highest BCUT2D eigenvalue weighted by Gasteiger charge is 2.42. The van der Waals surface area contributed by atoms with Crippen LogP contribution < -0.4 is 27.0 Å². The third-order valence-corrected chi connectivity index (χ3v) is 10.7. The summed E-state index contributed by atoms with van der Waals surface area (Å²) >= 11 is 1.90. The van der Waals surface area contributed by atoms with Crippen molar-refractivity contribution in [3.8, 4) is 0 Å². The SMILES string of the molecule is NCCOCCOCCOCCOCCOCCNC(=O)CCOCCOCCOCCOCCOCc1cn(CCOCCNC(=O)CCCC[C@@H]2SC[C@@H]3NC(=O)N[C@@H]32)nn1. The van der Waals surface area contributed by atoms with Crippen molar-refractivity contribution in [3.63, 3.8) is 0 Å². The minimum atomic E-state index is -0.0988. The average molecular weight is 923 g/mol. The van der Waals surface area contributed by atoms with Gasteiger partial charge in [0.25, 0.3) is 0 Å². The van der Waals surface area contributed by atoms with E-state index >= 15 is 0 Å². The van der Waals surface area contributed by atoms with Crippen LogP contribution in [-0.4, -0.2) is 214 Å². The van der Waals surface area contributed by atoms with E-state index in [1.165, 1.54) is 0 Å². The molecule has 2 saturated heterocycles. The van der Waals surface area contributed by atoms with Gasteiger partial charge in [-0.25, -0.2) is 9.48 Å². The molecule has 3 atom stereocenters. The number of carbonyl (C=O) groups is 3. The largest absolute Gasteiger partial charge is 0.379 e. The van der Waals surface area contributed by atoms with Crippen molar-refractivity contribution in [3.05, 3.63) is 11.9 Å². The van der Waals surface area contributed by atoms with Crippen molar-refractivity contribution >= 4 is 29.6 Å². The number of thioether (sulfide) groups is 1. The lowest BCUT2D eigenvalue weighted by Crippen LogP contribution is -2.36. The number of hydrogen-bond donors (Lipinski definition) is 5. The number of carbonyl (C=O) groups excluding carboxylic acids is 3. The number of urea groups is 1. The monoisotopic (exact) mass is 923 g/mol. The van der Waals surface area contributed by atoms with Crippen LogP contribution in [0.5, 0.6) is 0 Å². The van der Waals surface area contributed by atoms with Crippen molar-refractivity contribution in [2.45, 2.75) is 62.6 Å². The Labute approximate surface area is 375 Å². The van der Waals surface area contributed by atoms with Gasteiger partial charge in [0.1, 0.15) is 5.69 Å². The van der Waals surface area contributed by atoms with Crippen LogP contribution in [0.3, 0.4) is 0 Å². The maximum absolute atomic E-state index is 12.1. The van der Waals surface area contributed by atoms with Crippen LogP contribution in [-0.2, 0) is 74.8 Å². The fraction of sp³-hybridized carbons (Fsp3) is 0.875. The van der Waals surface area contributed by atoms with Gasteiger partial charge in [0, 0.05) is 43.5 Å². The average Bonchev–Trinajstić information content (AvgIpc) is 4.00. The van der Waals surface area contributed by atoms with Gasteiger partial charge in [-0.3, -0.25) is 9.59 Å². The van der Waals surface area contributed by atoms with Crippen LogP contribution in [0, 0.1) is 0 Å². The third kappa shape index (κ3) is 29.4. The Morgan fingerprint density at radius 1 is 0.635 bits per heavy atom. The van der Waals surface area contributed by atoms with E-state index in [4.69, 9.17) is 57.8 Å². The molecule has 22 nitrogen and oxygen atoms in total. The Bertz CT molecular complexity index is 1290. The summed E-state index contributed by atoms with van der Waals surface area (Å²) in [5, 5.41) is 20.3. The molecule has 63 heavy (non-hydrogen) atoms. The third-order valence-electron chi connectivity index (χ3n) is 9.23. The number of amides is 4. The molecule has 3 heterocycles. The van der Waals surface area contributed by atoms with Crippen LogP contribution in [0.4, 0.5) is 4.79 Å². The first-order valence-electron chi connectivity index (χ1n) is 22.2. The Morgan fingerprint density at radius 2 is 1.13 bits per heavy atom. The lowest BCUT2D eigenvalue weighted by Gasteiger charge is -2.16. The first-order chi connectivity index (χ1) is 31.0. The molecule has 2 aliphatic heterocycles. The number of nitrogens with zero attached hydrogens (tertiary/aromatic N) is 3. The molecule has 2 fully saturated rings. The predicted octanol–water partition coefficient (Wildman–Crippen LogP) is -0.732. The molecular formula is C40H74N8O14S. The van der Waals surface area contributed by atoms with Crippen molar-refractivity contribution in [1.82, 2.24) is 36.3 Å². The minimum Gasteiger partial charge on any atom is -0.379 e. The predicted molar refractivity (Wildman–Crippen MR) is 232 cm³/mol. The van der Waals surface area contributed by atoms with E-state index in [1.54, 1.807) is 4.68 Å². The molecule has 0 spiro atoms. The van der Waals surface area contributed by atoms with E-state index in [0.717, 1.165) is 25.0 Å². The second-order valence-corrected chi connectivity index (χ2v) is 15.5. The quantitative estimate of drug-likeness (QED) is 0.0399. The fourth-order valence-electron chi connectivity index (χ4n) is 6.04. The first-order valence-corrected chi connectivity index (χ1v) is 23.3. The zero-order valence-corrected chi connectivity index (χ0v) is 37.8. The van der Waals surface area contributed by atoms with Crippen LogP contribution in [0.25, 0.3) is 0 Å². The van der Waals surface area contributed by atoms with Gasteiger partial charge in [-0.05, 0) is 12.8 Å². The molecule has 0 radical (unpaired) electrons. The Morgan fingerprint density at radius 3 is 1.70 bits per heavy atom. The zero-order chi connectivity index (χ0) is 44.7. The number of ether oxygens (including phenoxy) is 11. The van der Waals surface area contributed by atoms with Crippen LogP contribution >= 0.6 is 11.8 Å². The summed E-state index contributed by atoms with van der Waals surface area (Å²) in [7, 11) is 0. The number of hydrogen-bond acceptors (Lipinski definition) is 18. The van der Waals surface area contributed by atoms with E-state index in [9.17, 15) is 14.4 Å². The van der Waals surface area contributed by atoms with E-state index in [2.05, 4.69) is 31.6 Å². The van der Waals surface area contributed by atoms with E-state index < -0.39 is 0 Å². The molecule has 0 bridgehead atoms.